The number of carbonyl (C=O) groups is 2. The van der Waals surface area contributed by atoms with Gasteiger partial charge in [-0.15, -0.1) is 0 Å². The highest BCUT2D eigenvalue weighted by atomic mass is 31.2. The third-order valence-electron chi connectivity index (χ3n) is 16.3. The van der Waals surface area contributed by atoms with Crippen LogP contribution in [0.1, 0.15) is 176 Å². The van der Waals surface area contributed by atoms with Crippen LogP contribution in [0, 0.1) is 57.7 Å². The maximum atomic E-state index is 13.1. The number of amides is 1. The van der Waals surface area contributed by atoms with Gasteiger partial charge in [0.1, 0.15) is 12.0 Å². The van der Waals surface area contributed by atoms with Crippen LogP contribution in [0.3, 0.4) is 0 Å². The van der Waals surface area contributed by atoms with E-state index in [0.29, 0.717) is 61.3 Å². The van der Waals surface area contributed by atoms with E-state index in [9.17, 15) is 19.2 Å². The second-order valence-corrected chi connectivity index (χ2v) is 22.0. The lowest BCUT2D eigenvalue weighted by molar-refractivity contribution is -0.121. The molecule has 0 spiro atoms. The van der Waals surface area contributed by atoms with E-state index in [0.717, 1.165) is 30.1 Å². The van der Waals surface area contributed by atoms with Crippen molar-refractivity contribution in [2.45, 2.75) is 195 Å². The van der Waals surface area contributed by atoms with E-state index in [4.69, 9.17) is 19.0 Å². The van der Waals surface area contributed by atoms with Crippen molar-refractivity contribution in [3.05, 3.63) is 38.7 Å². The molecule has 2 heterocycles. The second kappa shape index (κ2) is 21.5. The molecular weight excluding hydrogens is 802 g/mol. The number of fused-ring (bicyclic) bond motifs is 5. The van der Waals surface area contributed by atoms with Crippen molar-refractivity contribution in [3.8, 4) is 6.07 Å². The minimum absolute atomic E-state index is 0.129. The maximum absolute atomic E-state index is 13.1. The van der Waals surface area contributed by atoms with Gasteiger partial charge in [0.05, 0.1) is 36.9 Å². The highest BCUT2D eigenvalue weighted by Gasteiger charge is 2.60. The molecule has 0 aromatic carbocycles. The summed E-state index contributed by atoms with van der Waals surface area (Å²) >= 11 is 0. The van der Waals surface area contributed by atoms with E-state index < -0.39 is 32.1 Å². The molecule has 4 aliphatic carbocycles. The highest BCUT2D eigenvalue weighted by molar-refractivity contribution is 7.44. The van der Waals surface area contributed by atoms with Gasteiger partial charge >= 0.3 is 5.69 Å². The lowest BCUT2D eigenvalue weighted by atomic mass is 9.44. The molecule has 2 unspecified atom stereocenters. The van der Waals surface area contributed by atoms with Crippen LogP contribution in [0.4, 0.5) is 0 Å². The summed E-state index contributed by atoms with van der Waals surface area (Å²) in [4.78, 5) is 54.1. The van der Waals surface area contributed by atoms with Crippen LogP contribution in [-0.4, -0.2) is 63.4 Å². The van der Waals surface area contributed by atoms with Crippen molar-refractivity contribution in [2.24, 2.45) is 46.3 Å². The Balaban J connectivity index is 0.954. The molecule has 0 bridgehead atoms. The summed E-state index contributed by atoms with van der Waals surface area (Å²) in [5.41, 5.74) is -0.110. The average Bonchev–Trinajstić information content (AvgIpc) is 3.81. The fourth-order valence-corrected chi connectivity index (χ4v) is 15.1. The summed E-state index contributed by atoms with van der Waals surface area (Å²) in [5, 5.41) is 11.9. The van der Waals surface area contributed by atoms with Crippen molar-refractivity contribution in [2.75, 3.05) is 13.2 Å². The first-order valence-electron chi connectivity index (χ1n) is 24.3. The molecule has 2 N–H and O–H groups in total. The number of hydrogen-bond acceptors (Lipinski definition) is 9. The van der Waals surface area contributed by atoms with Gasteiger partial charge < -0.3 is 19.1 Å². The van der Waals surface area contributed by atoms with Gasteiger partial charge in [0.15, 0.2) is 0 Å². The normalized spacial score (nSPS) is 33.0. The molecule has 1 aromatic heterocycles. The van der Waals surface area contributed by atoms with E-state index in [2.05, 4.69) is 69.5 Å². The quantitative estimate of drug-likeness (QED) is 0.0740. The van der Waals surface area contributed by atoms with Gasteiger partial charge in [0.2, 0.25) is 5.91 Å². The molecule has 13 heteroatoms. The SMILES string of the molecule is CC[C@H]1O[C@@H](n2cc(/C=C/C(=O)NCCCC(=O)CC[C@@H](C)[C@H]3CC[C@H]4[C@@H]5CC[C@@H]6CCCC[C@]6(C)[C@H]5CC[C@]34C)c(=O)[nH]c2=O)CC1OP(OCCC#N)N(C(C)C)C(C)C. The molecule has 5 aliphatic rings. The lowest BCUT2D eigenvalue weighted by Crippen LogP contribution is -2.53. The molecule has 1 aromatic rings. The number of aromatic nitrogens is 2. The van der Waals surface area contributed by atoms with Crippen LogP contribution in [0.25, 0.3) is 6.08 Å². The summed E-state index contributed by atoms with van der Waals surface area (Å²) in [6.45, 7) is 18.5. The van der Waals surface area contributed by atoms with Crippen molar-refractivity contribution in [1.82, 2.24) is 19.5 Å². The molecule has 12 nitrogen and oxygen atoms in total. The van der Waals surface area contributed by atoms with Gasteiger partial charge in [0, 0.05) is 50.2 Å². The Hall–Kier alpha value is -2.68. The van der Waals surface area contributed by atoms with Gasteiger partial charge in [-0.05, 0) is 151 Å². The monoisotopic (exact) mass is 880 g/mol. The Morgan fingerprint density at radius 2 is 1.79 bits per heavy atom. The number of hydrogen-bond donors (Lipinski definition) is 2. The second-order valence-electron chi connectivity index (χ2n) is 20.6. The van der Waals surface area contributed by atoms with Gasteiger partial charge in [-0.25, -0.2) is 9.46 Å². The molecule has 0 radical (unpaired) electrons. The van der Waals surface area contributed by atoms with Gasteiger partial charge in [-0.3, -0.25) is 23.9 Å². The molecule has 6 rings (SSSR count). The van der Waals surface area contributed by atoms with Crippen molar-refractivity contribution < 1.29 is 23.4 Å². The molecule has 1 saturated heterocycles. The maximum Gasteiger partial charge on any atom is 0.330 e. The topological polar surface area (TPSA) is 156 Å². The first-order chi connectivity index (χ1) is 29.6. The van der Waals surface area contributed by atoms with E-state index in [1.165, 1.54) is 87.1 Å². The number of rotatable bonds is 20. The Morgan fingerprint density at radius 3 is 2.52 bits per heavy atom. The largest absolute Gasteiger partial charge is 0.353 e. The molecule has 346 valence electrons. The Morgan fingerprint density at radius 1 is 1.03 bits per heavy atom. The number of ketones is 1. The molecule has 1 aliphatic heterocycles. The van der Waals surface area contributed by atoms with Crippen LogP contribution < -0.4 is 16.6 Å². The van der Waals surface area contributed by atoms with E-state index in [1.807, 2.05) is 6.92 Å². The Bertz CT molecular complexity index is 1870. The van der Waals surface area contributed by atoms with E-state index in [-0.39, 0.29) is 48.5 Å². The lowest BCUT2D eigenvalue weighted by Gasteiger charge is -2.61. The van der Waals surface area contributed by atoms with E-state index in [1.54, 1.807) is 0 Å². The molecule has 12 atom stereocenters. The standard InChI is InChI=1S/C49H78N5O7P/c1-9-42-43(61-62(59-29-13-27-50)54(32(2)3)33(4)5)30-45(60-42)53-31-35(46(57)52-47(53)58)17-23-44(56)51-28-12-15-37(55)19-16-34(6)39-21-22-40-38-20-18-36-14-10-11-25-48(36,7)41(38)24-26-49(39,40)8/h17,23,31-34,36,38-43,45H,9-16,18-22,24-26,28-30H2,1-8H3,(H,51,56)(H,52,57,58)/b23-17+/t34-,36+,38+,39-,40+,41+,42-,43?,45-,48+,49-,62?/m1/s1. The number of Topliss-reactive ketones (excluding diaryl/α,β-unsaturated/α-hetero) is 1. The zero-order chi connectivity index (χ0) is 44.8. The van der Waals surface area contributed by atoms with Crippen LogP contribution in [-0.2, 0) is 23.4 Å². The minimum Gasteiger partial charge on any atom is -0.353 e. The number of carbonyl (C=O) groups excluding carboxylic acids is 2. The van der Waals surface area contributed by atoms with Gasteiger partial charge in [-0.2, -0.15) is 5.26 Å². The fourth-order valence-electron chi connectivity index (χ4n) is 13.3. The summed E-state index contributed by atoms with van der Waals surface area (Å²) < 4.78 is 22.5. The predicted molar refractivity (Wildman–Crippen MR) is 245 cm³/mol. The summed E-state index contributed by atoms with van der Waals surface area (Å²) in [6.07, 6.45) is 20.5. The minimum atomic E-state index is -1.52. The number of nitriles is 1. The first kappa shape index (κ1) is 48.8. The number of aromatic amines is 1. The number of nitrogens with zero attached hydrogens (tertiary/aromatic N) is 3. The first-order valence-corrected chi connectivity index (χ1v) is 25.5. The highest BCUT2D eigenvalue weighted by Crippen LogP contribution is 2.68. The summed E-state index contributed by atoms with van der Waals surface area (Å²) in [7, 11) is -1.52. The number of H-pyrrole nitrogens is 1. The fraction of sp³-hybridized carbons (Fsp3) is 0.816. The number of nitrogens with one attached hydrogen (secondary N) is 2. The van der Waals surface area contributed by atoms with Crippen molar-refractivity contribution in [1.29, 1.82) is 5.26 Å². The average molecular weight is 880 g/mol. The summed E-state index contributed by atoms with van der Waals surface area (Å²) in [6, 6.07) is 2.38. The summed E-state index contributed by atoms with van der Waals surface area (Å²) in [5.74, 6) is 4.74. The Kier molecular flexibility index (Phi) is 16.9. The van der Waals surface area contributed by atoms with Gasteiger partial charge in [-0.1, -0.05) is 40.5 Å². The smallest absolute Gasteiger partial charge is 0.330 e. The number of ether oxygens (including phenoxy) is 1. The van der Waals surface area contributed by atoms with Crippen LogP contribution in [0.5, 0.6) is 0 Å². The molecule has 4 saturated carbocycles. The van der Waals surface area contributed by atoms with Crippen LogP contribution in [0.2, 0.25) is 0 Å². The predicted octanol–water partition coefficient (Wildman–Crippen LogP) is 9.84. The third-order valence-corrected chi connectivity index (χ3v) is 18.5. The Labute approximate surface area is 372 Å². The molecule has 1 amide bonds. The molecule has 5 fully saturated rings. The zero-order valence-electron chi connectivity index (χ0n) is 39.2. The van der Waals surface area contributed by atoms with Crippen LogP contribution in [0.15, 0.2) is 21.9 Å². The van der Waals surface area contributed by atoms with Crippen LogP contribution >= 0.6 is 8.53 Å². The third kappa shape index (κ3) is 10.9. The van der Waals surface area contributed by atoms with E-state index >= 15 is 0 Å². The van der Waals surface area contributed by atoms with Crippen molar-refractivity contribution >= 4 is 26.3 Å². The van der Waals surface area contributed by atoms with Crippen molar-refractivity contribution in [3.63, 3.8) is 0 Å². The zero-order valence-corrected chi connectivity index (χ0v) is 40.1. The molecule has 62 heavy (non-hydrogen) atoms. The van der Waals surface area contributed by atoms with Gasteiger partial charge in [0.25, 0.3) is 14.1 Å². The molecular formula is C49H78N5O7P.